The van der Waals surface area contributed by atoms with Gasteiger partial charge < -0.3 is 4.74 Å². The third kappa shape index (κ3) is 6.07. The van der Waals surface area contributed by atoms with Gasteiger partial charge in [-0.2, -0.15) is 0 Å². The van der Waals surface area contributed by atoms with E-state index in [-0.39, 0.29) is 5.75 Å². The first-order chi connectivity index (χ1) is 16.2. The third-order valence-corrected chi connectivity index (χ3v) is 6.63. The Morgan fingerprint density at radius 1 is 1.06 bits per heavy atom. The van der Waals surface area contributed by atoms with Gasteiger partial charge in [0.05, 0.1) is 16.8 Å². The molecule has 0 aliphatic heterocycles. The lowest BCUT2D eigenvalue weighted by Crippen LogP contribution is -2.16. The Labute approximate surface area is 205 Å². The van der Waals surface area contributed by atoms with Crippen LogP contribution in [0.5, 0.6) is 5.75 Å². The molecule has 4 rings (SSSR count). The highest BCUT2D eigenvalue weighted by Crippen LogP contribution is 2.32. The molecule has 0 N–H and O–H groups in total. The fourth-order valence-corrected chi connectivity index (χ4v) is 4.75. The summed E-state index contributed by atoms with van der Waals surface area (Å²) in [6, 6.07) is 17.8. The average Bonchev–Trinajstić information content (AvgIpc) is 3.19. The van der Waals surface area contributed by atoms with Gasteiger partial charge in [-0.1, -0.05) is 36.5 Å². The fourth-order valence-electron chi connectivity index (χ4n) is 3.58. The number of rotatable bonds is 7. The van der Waals surface area contributed by atoms with Crippen molar-refractivity contribution < 1.29 is 17.9 Å². The highest BCUT2D eigenvalue weighted by Gasteiger charge is 2.31. The van der Waals surface area contributed by atoms with Crippen LogP contribution in [0.15, 0.2) is 65.7 Å². The zero-order valence-corrected chi connectivity index (χ0v) is 20.2. The molecule has 0 bridgehead atoms. The fraction of sp³-hybridized carbons (Fsp3) is 0.192. The monoisotopic (exact) mass is 498 g/mol. The van der Waals surface area contributed by atoms with Crippen LogP contribution in [0.2, 0.25) is 0 Å². The van der Waals surface area contributed by atoms with Crippen molar-refractivity contribution in [2.75, 3.05) is 6.54 Å². The molecule has 3 nitrogen and oxygen atoms in total. The number of benzene rings is 3. The van der Waals surface area contributed by atoms with Crippen LogP contribution in [0.1, 0.15) is 22.3 Å². The van der Waals surface area contributed by atoms with E-state index in [1.54, 1.807) is 18.3 Å². The first kappa shape index (κ1) is 24.0. The Morgan fingerprint density at radius 3 is 2.44 bits per heavy atom. The van der Waals surface area contributed by atoms with Crippen molar-refractivity contribution in [3.63, 3.8) is 0 Å². The van der Waals surface area contributed by atoms with E-state index >= 15 is 0 Å². The van der Waals surface area contributed by atoms with Gasteiger partial charge in [-0.15, -0.1) is 24.5 Å². The lowest BCUT2D eigenvalue weighted by molar-refractivity contribution is -0.274. The molecule has 0 aliphatic carbocycles. The first-order valence-corrected chi connectivity index (χ1v) is 11.7. The maximum Gasteiger partial charge on any atom is 0.573 e. The molecule has 0 aliphatic rings. The molecule has 174 valence electrons. The normalized spacial score (nSPS) is 11.9. The minimum absolute atomic E-state index is 0.258. The second kappa shape index (κ2) is 10.0. The number of aromatic nitrogens is 1. The van der Waals surface area contributed by atoms with Crippen LogP contribution in [0.4, 0.5) is 13.2 Å². The molecule has 0 radical (unpaired) electrons. The van der Waals surface area contributed by atoms with Gasteiger partial charge in [-0.05, 0) is 72.5 Å². The van der Waals surface area contributed by atoms with Gasteiger partial charge in [0.2, 0.25) is 0 Å². The summed E-state index contributed by atoms with van der Waals surface area (Å²) in [6.07, 6.45) is -2.19. The number of hydrogen-bond acceptors (Lipinski definition) is 5. The summed E-state index contributed by atoms with van der Waals surface area (Å²) >= 11 is 7.02. The summed E-state index contributed by atoms with van der Waals surface area (Å²) in [5.41, 5.74) is 6.17. The van der Waals surface area contributed by atoms with Crippen LogP contribution < -0.4 is 4.74 Å². The number of aryl methyl sites for hydroxylation is 2. The van der Waals surface area contributed by atoms with Gasteiger partial charge in [-0.3, -0.25) is 4.99 Å². The molecular weight excluding hydrogens is 477 g/mol. The number of halogens is 3. The quantitative estimate of drug-likeness (QED) is 0.195. The minimum Gasteiger partial charge on any atom is -0.406 e. The number of hydrogen-bond donors (Lipinski definition) is 0. The van der Waals surface area contributed by atoms with Crippen molar-refractivity contribution in [2.24, 2.45) is 4.99 Å². The minimum atomic E-state index is -4.71. The van der Waals surface area contributed by atoms with E-state index in [9.17, 15) is 13.2 Å². The molecular formula is C26H21F3N2OS2. The summed E-state index contributed by atoms with van der Waals surface area (Å²) in [6.45, 7) is 4.66. The Hall–Kier alpha value is -3.10. The van der Waals surface area contributed by atoms with Crippen LogP contribution in [0.3, 0.4) is 0 Å². The molecule has 3 aromatic carbocycles. The Bertz CT molecular complexity index is 1340. The maximum atomic E-state index is 12.4. The Kier molecular flexibility index (Phi) is 7.09. The van der Waals surface area contributed by atoms with Crippen LogP contribution in [-0.4, -0.2) is 29.0 Å². The highest BCUT2D eigenvalue weighted by molar-refractivity contribution is 7.80. The predicted molar refractivity (Wildman–Crippen MR) is 136 cm³/mol. The number of ether oxygens (including phenoxy) is 1. The Morgan fingerprint density at radius 2 is 1.76 bits per heavy atom. The lowest BCUT2D eigenvalue weighted by Gasteiger charge is -2.09. The standard InChI is InChI=1S/C26H21F3N2OS2/c1-16-4-3-5-17(2)22(16)13-21(33)15-30-14-18-6-11-24-23(12-18)31-25(34-24)19-7-9-20(10-8-19)32-26(27,28)29/h3-12,14H,13,15H2,1-2H3. The predicted octanol–water partition coefficient (Wildman–Crippen LogP) is 7.51. The zero-order chi connectivity index (χ0) is 24.3. The molecule has 0 saturated heterocycles. The van der Waals surface area contributed by atoms with Gasteiger partial charge in [-0.25, -0.2) is 4.98 Å². The van der Waals surface area contributed by atoms with Gasteiger partial charge in [0, 0.05) is 23.1 Å². The van der Waals surface area contributed by atoms with Gasteiger partial charge >= 0.3 is 6.36 Å². The molecule has 1 heterocycles. The van der Waals surface area contributed by atoms with Crippen molar-refractivity contribution >= 4 is 44.9 Å². The maximum absolute atomic E-state index is 12.4. The number of thiocarbonyl (C=S) groups is 1. The number of aliphatic imine (C=N–C) groups is 1. The molecule has 4 aromatic rings. The van der Waals surface area contributed by atoms with Crippen LogP contribution >= 0.6 is 23.6 Å². The molecule has 0 atom stereocenters. The number of thiazole rings is 1. The van der Waals surface area contributed by atoms with Crippen LogP contribution in [0.25, 0.3) is 20.8 Å². The molecule has 0 fully saturated rings. The van der Waals surface area contributed by atoms with E-state index in [4.69, 9.17) is 12.2 Å². The van der Waals surface area contributed by atoms with Gasteiger partial charge in [0.15, 0.2) is 0 Å². The van der Waals surface area contributed by atoms with Crippen molar-refractivity contribution in [3.8, 4) is 16.3 Å². The molecule has 34 heavy (non-hydrogen) atoms. The average molecular weight is 499 g/mol. The molecule has 1 aromatic heterocycles. The third-order valence-electron chi connectivity index (χ3n) is 5.27. The summed E-state index contributed by atoms with van der Waals surface area (Å²) < 4.78 is 42.0. The Balaban J connectivity index is 1.43. The number of fused-ring (bicyclic) bond motifs is 1. The van der Waals surface area contributed by atoms with E-state index in [1.807, 2.05) is 24.3 Å². The SMILES string of the molecule is Cc1cccc(C)c1CC(=S)CN=Cc1ccc2sc(-c3ccc(OC(F)(F)F)cc3)nc2c1. The second-order valence-corrected chi connectivity index (χ2v) is 9.48. The van der Waals surface area contributed by atoms with Crippen molar-refractivity contribution in [1.82, 2.24) is 4.98 Å². The molecule has 8 heteroatoms. The van der Waals surface area contributed by atoms with Gasteiger partial charge in [0.25, 0.3) is 0 Å². The van der Waals surface area contributed by atoms with Gasteiger partial charge in [0.1, 0.15) is 10.8 Å². The smallest absolute Gasteiger partial charge is 0.406 e. The summed E-state index contributed by atoms with van der Waals surface area (Å²) in [5.74, 6) is -0.258. The van der Waals surface area contributed by atoms with E-state index < -0.39 is 6.36 Å². The second-order valence-electron chi connectivity index (χ2n) is 7.87. The lowest BCUT2D eigenvalue weighted by atomic mass is 9.99. The molecule has 0 saturated carbocycles. The van der Waals surface area contributed by atoms with E-state index in [0.29, 0.717) is 6.54 Å². The highest BCUT2D eigenvalue weighted by atomic mass is 32.1. The van der Waals surface area contributed by atoms with Crippen molar-refractivity contribution in [3.05, 3.63) is 82.9 Å². The molecule has 0 amide bonds. The van der Waals surface area contributed by atoms with Crippen LogP contribution in [-0.2, 0) is 6.42 Å². The topological polar surface area (TPSA) is 34.5 Å². The summed E-state index contributed by atoms with van der Waals surface area (Å²) in [7, 11) is 0. The van der Waals surface area contributed by atoms with Crippen LogP contribution in [0, 0.1) is 13.8 Å². The first-order valence-electron chi connectivity index (χ1n) is 10.5. The summed E-state index contributed by atoms with van der Waals surface area (Å²) in [5, 5.41) is 0.720. The van der Waals surface area contributed by atoms with E-state index in [0.717, 1.165) is 37.6 Å². The number of nitrogens with zero attached hydrogens (tertiary/aromatic N) is 2. The van der Waals surface area contributed by atoms with E-state index in [2.05, 4.69) is 40.7 Å². The largest absolute Gasteiger partial charge is 0.573 e. The number of alkyl halides is 3. The van der Waals surface area contributed by atoms with Crippen molar-refractivity contribution in [1.29, 1.82) is 0 Å². The zero-order valence-electron chi connectivity index (χ0n) is 18.5. The van der Waals surface area contributed by atoms with Crippen molar-refractivity contribution in [2.45, 2.75) is 26.6 Å². The molecule has 0 spiro atoms. The molecule has 0 unspecified atom stereocenters. The summed E-state index contributed by atoms with van der Waals surface area (Å²) in [4.78, 5) is 10.0. The van der Waals surface area contributed by atoms with E-state index in [1.165, 1.54) is 40.2 Å².